The number of rotatable bonds is 0. The summed E-state index contributed by atoms with van der Waals surface area (Å²) >= 11 is 0. The second-order valence-corrected chi connectivity index (χ2v) is 3.89. The lowest BCUT2D eigenvalue weighted by atomic mass is 9.90. The molecule has 0 radical (unpaired) electrons. The lowest BCUT2D eigenvalue weighted by molar-refractivity contribution is 0.106. The molecule has 4 heteroatoms. The second-order valence-electron chi connectivity index (χ2n) is 3.89. The molecular weight excluding hydrogens is 189 g/mol. The van der Waals surface area contributed by atoms with Crippen molar-refractivity contribution in [3.8, 4) is 0 Å². The first kappa shape index (κ1) is 9.96. The maximum Gasteiger partial charge on any atom is 0.210 e. The first-order chi connectivity index (χ1) is 7.22. The Morgan fingerprint density at radius 3 is 2.87 bits per heavy atom. The predicted octanol–water partition coefficient (Wildman–Crippen LogP) is 0.294. The van der Waals surface area contributed by atoms with Crippen LogP contribution in [0, 0.1) is 0 Å². The van der Waals surface area contributed by atoms with E-state index in [0.29, 0.717) is 12.0 Å². The number of aryl methyl sites for hydroxylation is 1. The summed E-state index contributed by atoms with van der Waals surface area (Å²) in [6.45, 7) is 0. The van der Waals surface area contributed by atoms with Gasteiger partial charge in [0.15, 0.2) is 0 Å². The molecule has 0 saturated heterocycles. The maximum atomic E-state index is 11.9. The summed E-state index contributed by atoms with van der Waals surface area (Å²) in [5.74, 6) is -0.134. The van der Waals surface area contributed by atoms with Crippen molar-refractivity contribution in [3.63, 3.8) is 0 Å². The summed E-state index contributed by atoms with van der Waals surface area (Å²) in [4.78, 5) is 11.9. The Morgan fingerprint density at radius 2 is 2.13 bits per heavy atom. The lowest BCUT2D eigenvalue weighted by Crippen LogP contribution is -2.15. The molecule has 1 aliphatic carbocycles. The molecule has 0 atom stereocenters. The zero-order valence-electron chi connectivity index (χ0n) is 8.66. The van der Waals surface area contributed by atoms with Crippen molar-refractivity contribution < 1.29 is 10.0 Å². The van der Waals surface area contributed by atoms with E-state index in [1.165, 1.54) is 0 Å². The molecule has 0 fully saturated rings. The Morgan fingerprint density at radius 1 is 1.33 bits per heavy atom. The molecule has 0 aromatic heterocycles. The van der Waals surface area contributed by atoms with Gasteiger partial charge in [-0.1, -0.05) is 28.8 Å². The fourth-order valence-corrected chi connectivity index (χ4v) is 1.96. The number of fused-ring (bicyclic) bond motifs is 1. The van der Waals surface area contributed by atoms with E-state index >= 15 is 0 Å². The van der Waals surface area contributed by atoms with E-state index in [0.717, 1.165) is 23.9 Å². The predicted molar refractivity (Wildman–Crippen MR) is 61.1 cm³/mol. The van der Waals surface area contributed by atoms with E-state index in [4.69, 9.17) is 5.21 Å². The molecule has 0 aliphatic heterocycles. The van der Waals surface area contributed by atoms with Crippen molar-refractivity contribution in [1.82, 2.24) is 0 Å². The van der Waals surface area contributed by atoms with Crippen molar-refractivity contribution >= 4 is 24.8 Å². The van der Waals surface area contributed by atoms with Gasteiger partial charge in [-0.05, 0) is 24.8 Å². The molecule has 0 spiro atoms. The molecule has 3 nitrogen and oxygen atoms in total. The lowest BCUT2D eigenvalue weighted by Gasteiger charge is -2.04. The van der Waals surface area contributed by atoms with Crippen molar-refractivity contribution in [2.24, 2.45) is 5.16 Å². The van der Waals surface area contributed by atoms with Crippen LogP contribution in [-0.2, 0) is 6.42 Å². The molecule has 15 heavy (non-hydrogen) atoms. The molecule has 0 amide bonds. The minimum absolute atomic E-state index is 0.134. The third-order valence-electron chi connectivity index (χ3n) is 2.75. The summed E-state index contributed by atoms with van der Waals surface area (Å²) in [7, 11) is 2.01. The topological polar surface area (TPSA) is 49.7 Å². The molecule has 2 rings (SSSR count). The average Bonchev–Trinajstić information content (AvgIpc) is 2.37. The van der Waals surface area contributed by atoms with E-state index in [-0.39, 0.29) is 11.5 Å². The number of carbonyl (C=O) groups is 1. The number of oxime groups is 1. The van der Waals surface area contributed by atoms with Gasteiger partial charge < -0.3 is 5.21 Å². The highest BCUT2D eigenvalue weighted by atomic mass is 16.4. The summed E-state index contributed by atoms with van der Waals surface area (Å²) in [5.41, 5.74) is 3.19. The van der Waals surface area contributed by atoms with Crippen LogP contribution < -0.4 is 5.46 Å². The van der Waals surface area contributed by atoms with E-state index in [9.17, 15) is 4.79 Å². The minimum Gasteiger partial charge on any atom is -0.411 e. The van der Waals surface area contributed by atoms with Crippen LogP contribution in [0.4, 0.5) is 0 Å². The van der Waals surface area contributed by atoms with Gasteiger partial charge in [0.05, 0.1) is 0 Å². The van der Waals surface area contributed by atoms with Crippen molar-refractivity contribution in [1.29, 1.82) is 0 Å². The number of hydrogen-bond acceptors (Lipinski definition) is 3. The second kappa shape index (κ2) is 3.89. The molecule has 0 bridgehead atoms. The van der Waals surface area contributed by atoms with Gasteiger partial charge in [-0.15, -0.1) is 0 Å². The molecule has 1 N–H and O–H groups in total. The Hall–Kier alpha value is -1.58. The van der Waals surface area contributed by atoms with Crippen LogP contribution in [0.25, 0.3) is 0 Å². The molecule has 1 aliphatic rings. The van der Waals surface area contributed by atoms with Crippen LogP contribution in [0.3, 0.4) is 0 Å². The smallest absolute Gasteiger partial charge is 0.210 e. The quantitative estimate of drug-likeness (QED) is 0.284. The molecule has 0 heterocycles. The van der Waals surface area contributed by atoms with Crippen LogP contribution in [0.15, 0.2) is 23.4 Å². The number of Topliss-reactive ketones (excluding diaryl/α,β-unsaturated/α-hetero) is 1. The Balaban J connectivity index is 2.52. The Kier molecular flexibility index (Phi) is 2.58. The Labute approximate surface area is 89.2 Å². The zero-order chi connectivity index (χ0) is 10.8. The first-order valence-electron chi connectivity index (χ1n) is 5.07. The van der Waals surface area contributed by atoms with Gasteiger partial charge in [0.1, 0.15) is 13.6 Å². The number of nitrogens with zero attached hydrogens (tertiary/aromatic N) is 1. The number of hydrogen-bond donors (Lipinski definition) is 1. The number of carbonyl (C=O) groups excluding carboxylic acids is 1. The molecule has 1 aromatic rings. The standard InChI is InChI=1S/C11H12BNO2/c12-8-4-5-9-7(6-8)2-1-3-10(13-15)11(9)14/h4-6,15H,1-3,12H2/b13-10+. The number of benzene rings is 1. The van der Waals surface area contributed by atoms with Crippen LogP contribution in [0.1, 0.15) is 28.8 Å². The highest BCUT2D eigenvalue weighted by Gasteiger charge is 2.21. The summed E-state index contributed by atoms with van der Waals surface area (Å²) < 4.78 is 0. The first-order valence-corrected chi connectivity index (χ1v) is 5.07. The van der Waals surface area contributed by atoms with Crippen LogP contribution in [-0.4, -0.2) is 24.5 Å². The van der Waals surface area contributed by atoms with Crippen LogP contribution in [0.2, 0.25) is 0 Å². The van der Waals surface area contributed by atoms with Gasteiger partial charge in [0.2, 0.25) is 5.78 Å². The van der Waals surface area contributed by atoms with Crippen molar-refractivity contribution in [2.75, 3.05) is 0 Å². The molecule has 0 saturated carbocycles. The van der Waals surface area contributed by atoms with Crippen molar-refractivity contribution in [3.05, 3.63) is 29.3 Å². The Bertz CT molecular complexity index is 440. The van der Waals surface area contributed by atoms with Crippen molar-refractivity contribution in [2.45, 2.75) is 19.3 Å². The van der Waals surface area contributed by atoms with Gasteiger partial charge in [-0.2, -0.15) is 0 Å². The summed E-state index contributed by atoms with van der Waals surface area (Å²) in [6.07, 6.45) is 2.30. The zero-order valence-corrected chi connectivity index (χ0v) is 8.66. The molecule has 0 unspecified atom stereocenters. The normalized spacial score (nSPS) is 18.7. The minimum atomic E-state index is -0.134. The van der Waals surface area contributed by atoms with Gasteiger partial charge in [-0.25, -0.2) is 0 Å². The van der Waals surface area contributed by atoms with E-state index in [2.05, 4.69) is 5.16 Å². The van der Waals surface area contributed by atoms with E-state index < -0.39 is 0 Å². The largest absolute Gasteiger partial charge is 0.411 e. The van der Waals surface area contributed by atoms with Gasteiger partial charge in [0.25, 0.3) is 0 Å². The van der Waals surface area contributed by atoms with Gasteiger partial charge in [-0.3, -0.25) is 4.79 Å². The van der Waals surface area contributed by atoms with Gasteiger partial charge >= 0.3 is 0 Å². The fourth-order valence-electron chi connectivity index (χ4n) is 1.96. The van der Waals surface area contributed by atoms with Gasteiger partial charge in [0, 0.05) is 5.56 Å². The average molecular weight is 201 g/mol. The molecule has 1 aromatic carbocycles. The van der Waals surface area contributed by atoms with Crippen LogP contribution in [0.5, 0.6) is 0 Å². The third-order valence-corrected chi connectivity index (χ3v) is 2.75. The highest BCUT2D eigenvalue weighted by molar-refractivity contribution is 6.46. The third kappa shape index (κ3) is 1.80. The van der Waals surface area contributed by atoms with Crippen LogP contribution >= 0.6 is 0 Å². The molecule has 76 valence electrons. The SMILES string of the molecule is Bc1ccc2c(c1)CCC/C(=N\O)C2=O. The fraction of sp³-hybridized carbons (Fsp3) is 0.273. The summed E-state index contributed by atoms with van der Waals surface area (Å²) in [5, 5.41) is 11.8. The number of ketones is 1. The highest BCUT2D eigenvalue weighted by Crippen LogP contribution is 2.18. The molecular formula is C11H12BNO2. The van der Waals surface area contributed by atoms with E-state index in [1.807, 2.05) is 26.0 Å². The van der Waals surface area contributed by atoms with E-state index in [1.54, 1.807) is 0 Å². The summed E-state index contributed by atoms with van der Waals surface area (Å²) in [6, 6.07) is 5.77. The maximum absolute atomic E-state index is 11.9. The monoisotopic (exact) mass is 201 g/mol.